The highest BCUT2D eigenvalue weighted by Gasteiger charge is 2.21. The summed E-state index contributed by atoms with van der Waals surface area (Å²) in [4.78, 5) is 0. The average Bonchev–Trinajstić information content (AvgIpc) is 2.44. The maximum absolute atomic E-state index is 4.98. The average molecular weight is 135 g/mol. The number of nitrogens with zero attached hydrogens (tertiary/aromatic N) is 3. The number of allylic oxidation sites excluding steroid dienone is 2. The molecule has 50 valence electrons. The predicted molar refractivity (Wildman–Crippen MR) is 35.5 cm³/mol. The summed E-state index contributed by atoms with van der Waals surface area (Å²) in [7, 11) is 1.60. The van der Waals surface area contributed by atoms with Gasteiger partial charge < -0.3 is 4.74 Å². The molecule has 0 aromatic rings. The third-order valence-corrected chi connectivity index (χ3v) is 1.39. The van der Waals surface area contributed by atoms with E-state index < -0.39 is 0 Å². The van der Waals surface area contributed by atoms with E-state index in [2.05, 4.69) is 15.4 Å². The quantitative estimate of drug-likeness (QED) is 0.533. The second-order valence-corrected chi connectivity index (χ2v) is 1.92. The van der Waals surface area contributed by atoms with Crippen LogP contribution >= 0.6 is 0 Å². The van der Waals surface area contributed by atoms with E-state index in [-0.39, 0.29) is 0 Å². The van der Waals surface area contributed by atoms with Crippen molar-refractivity contribution in [3.8, 4) is 0 Å². The van der Waals surface area contributed by atoms with Crippen LogP contribution in [-0.4, -0.2) is 12.8 Å². The minimum absolute atomic E-state index is 0.736. The summed E-state index contributed by atoms with van der Waals surface area (Å²) < 4.78 is 4.98. The molecule has 1 aliphatic heterocycles. The number of methoxy groups -OCH3 is 1. The van der Waals surface area contributed by atoms with Gasteiger partial charge in [0.15, 0.2) is 5.71 Å². The van der Waals surface area contributed by atoms with E-state index in [9.17, 15) is 0 Å². The van der Waals surface area contributed by atoms with Gasteiger partial charge in [0.1, 0.15) is 11.5 Å². The van der Waals surface area contributed by atoms with Gasteiger partial charge in [-0.05, 0) is 17.4 Å². The Morgan fingerprint density at radius 1 is 1.40 bits per heavy atom. The lowest BCUT2D eigenvalue weighted by Gasteiger charge is -1.97. The Labute approximate surface area is 57.6 Å². The van der Waals surface area contributed by atoms with Gasteiger partial charge in [-0.2, -0.15) is 0 Å². The molecule has 0 aromatic carbocycles. The van der Waals surface area contributed by atoms with Gasteiger partial charge in [0.05, 0.1) is 7.11 Å². The minimum Gasteiger partial charge on any atom is -0.494 e. The fraction of sp³-hybridized carbons (Fsp3) is 0.167. The van der Waals surface area contributed by atoms with Crippen LogP contribution in [0.4, 0.5) is 0 Å². The van der Waals surface area contributed by atoms with Crippen LogP contribution in [-0.2, 0) is 4.74 Å². The zero-order valence-electron chi connectivity index (χ0n) is 5.40. The number of rotatable bonds is 1. The molecule has 0 bridgehead atoms. The van der Waals surface area contributed by atoms with Crippen LogP contribution in [0.15, 0.2) is 39.0 Å². The van der Waals surface area contributed by atoms with E-state index in [0.29, 0.717) is 0 Å². The van der Waals surface area contributed by atoms with Crippen molar-refractivity contribution in [2.45, 2.75) is 0 Å². The molecule has 4 nitrogen and oxygen atoms in total. The molecule has 0 N–H and O–H groups in total. The van der Waals surface area contributed by atoms with Crippen LogP contribution in [0.2, 0.25) is 0 Å². The van der Waals surface area contributed by atoms with Crippen LogP contribution in [0.1, 0.15) is 0 Å². The van der Waals surface area contributed by atoms with E-state index in [1.165, 1.54) is 0 Å². The molecule has 2 aliphatic rings. The summed E-state index contributed by atoms with van der Waals surface area (Å²) in [6.07, 6.45) is 3.65. The summed E-state index contributed by atoms with van der Waals surface area (Å²) in [5.74, 6) is 0.736. The number of ether oxygens (including phenoxy) is 1. The van der Waals surface area contributed by atoms with Crippen LogP contribution in [0, 0.1) is 0 Å². The maximum atomic E-state index is 4.98. The summed E-state index contributed by atoms with van der Waals surface area (Å²) in [5, 5.41) is 11.0. The van der Waals surface area contributed by atoms with Crippen LogP contribution in [0.5, 0.6) is 0 Å². The first-order valence-corrected chi connectivity index (χ1v) is 2.87. The summed E-state index contributed by atoms with van der Waals surface area (Å²) in [6.45, 7) is 0. The standard InChI is InChI=1S/C6H5N3O/c1-10-5-3-2-4-6(5)8-9-7-4/h2-3H,1H3. The van der Waals surface area contributed by atoms with E-state index in [1.54, 1.807) is 7.11 Å². The molecule has 0 aromatic heterocycles. The fourth-order valence-electron chi connectivity index (χ4n) is 0.900. The summed E-state index contributed by atoms with van der Waals surface area (Å²) in [6, 6.07) is 0. The topological polar surface area (TPSA) is 46.3 Å². The highest BCUT2D eigenvalue weighted by atomic mass is 16.5. The Bertz CT molecular complexity index is 285. The van der Waals surface area contributed by atoms with Crippen LogP contribution in [0.3, 0.4) is 0 Å². The third-order valence-electron chi connectivity index (χ3n) is 1.39. The normalized spacial score (nSPS) is 19.9. The maximum Gasteiger partial charge on any atom is 0.157 e. The van der Waals surface area contributed by atoms with Gasteiger partial charge >= 0.3 is 0 Å². The zero-order valence-corrected chi connectivity index (χ0v) is 5.40. The van der Waals surface area contributed by atoms with E-state index in [0.717, 1.165) is 17.2 Å². The minimum atomic E-state index is 0.736. The Morgan fingerprint density at radius 2 is 2.30 bits per heavy atom. The molecule has 0 unspecified atom stereocenters. The summed E-state index contributed by atoms with van der Waals surface area (Å²) in [5.41, 5.74) is 1.53. The molecular formula is C6H5N3O. The third kappa shape index (κ3) is 0.528. The van der Waals surface area contributed by atoms with Crippen molar-refractivity contribution in [3.05, 3.63) is 23.6 Å². The molecule has 0 spiro atoms. The summed E-state index contributed by atoms with van der Waals surface area (Å²) >= 11 is 0. The Balaban J connectivity index is 2.38. The Hall–Kier alpha value is -1.45. The second kappa shape index (κ2) is 1.76. The first-order valence-electron chi connectivity index (χ1n) is 2.87. The van der Waals surface area contributed by atoms with Crippen molar-refractivity contribution < 1.29 is 4.74 Å². The molecule has 2 rings (SSSR count). The fourth-order valence-corrected chi connectivity index (χ4v) is 0.900. The lowest BCUT2D eigenvalue weighted by molar-refractivity contribution is 0.316. The lowest BCUT2D eigenvalue weighted by Crippen LogP contribution is -1.98. The SMILES string of the molecule is COC1=CC=C2N=NN=C21. The van der Waals surface area contributed by atoms with Crippen LogP contribution in [0.25, 0.3) is 0 Å². The molecule has 0 saturated carbocycles. The highest BCUT2D eigenvalue weighted by Crippen LogP contribution is 2.22. The highest BCUT2D eigenvalue weighted by molar-refractivity contribution is 6.14. The monoisotopic (exact) mass is 135 g/mol. The van der Waals surface area contributed by atoms with Gasteiger partial charge in [-0.3, -0.25) is 0 Å². The van der Waals surface area contributed by atoms with Crippen molar-refractivity contribution in [1.29, 1.82) is 0 Å². The van der Waals surface area contributed by atoms with Crippen LogP contribution < -0.4 is 0 Å². The molecule has 0 amide bonds. The predicted octanol–water partition coefficient (Wildman–Crippen LogP) is 1.24. The molecule has 0 fully saturated rings. The van der Waals surface area contributed by atoms with Crippen molar-refractivity contribution in [2.75, 3.05) is 7.11 Å². The van der Waals surface area contributed by atoms with Gasteiger partial charge in [-0.1, -0.05) is 0 Å². The van der Waals surface area contributed by atoms with Crippen molar-refractivity contribution >= 4 is 5.71 Å². The van der Waals surface area contributed by atoms with E-state index >= 15 is 0 Å². The van der Waals surface area contributed by atoms with Gasteiger partial charge in [0.25, 0.3) is 0 Å². The molecular weight excluding hydrogens is 130 g/mol. The van der Waals surface area contributed by atoms with Crippen molar-refractivity contribution in [1.82, 2.24) is 0 Å². The van der Waals surface area contributed by atoms with Gasteiger partial charge in [0, 0.05) is 0 Å². The molecule has 4 heteroatoms. The van der Waals surface area contributed by atoms with Gasteiger partial charge in [0.2, 0.25) is 0 Å². The molecule has 10 heavy (non-hydrogen) atoms. The largest absolute Gasteiger partial charge is 0.494 e. The van der Waals surface area contributed by atoms with E-state index in [4.69, 9.17) is 4.74 Å². The Kier molecular flexibility index (Phi) is 0.943. The molecule has 0 radical (unpaired) electrons. The lowest BCUT2D eigenvalue weighted by atomic mass is 10.3. The molecule has 1 heterocycles. The Morgan fingerprint density at radius 3 is 3.10 bits per heavy atom. The molecule has 0 atom stereocenters. The van der Waals surface area contributed by atoms with Crippen molar-refractivity contribution in [3.63, 3.8) is 0 Å². The second-order valence-electron chi connectivity index (χ2n) is 1.92. The van der Waals surface area contributed by atoms with Gasteiger partial charge in [-0.15, -0.1) is 10.2 Å². The first-order chi connectivity index (χ1) is 4.92. The number of hydrogen-bond acceptors (Lipinski definition) is 4. The van der Waals surface area contributed by atoms with Crippen molar-refractivity contribution in [2.24, 2.45) is 15.4 Å². The van der Waals surface area contributed by atoms with E-state index in [1.807, 2.05) is 12.2 Å². The number of fused-ring (bicyclic) bond motifs is 1. The van der Waals surface area contributed by atoms with Gasteiger partial charge in [-0.25, -0.2) is 0 Å². The first kappa shape index (κ1) is 5.34. The zero-order chi connectivity index (χ0) is 6.97. The smallest absolute Gasteiger partial charge is 0.157 e. The molecule has 1 aliphatic carbocycles. The molecule has 0 saturated heterocycles. The number of hydrogen-bond donors (Lipinski definition) is 0.